The summed E-state index contributed by atoms with van der Waals surface area (Å²) in [4.78, 5) is 13.7. The number of ether oxygens (including phenoxy) is 1. The Hall–Kier alpha value is -0.570. The molecule has 1 saturated heterocycles. The summed E-state index contributed by atoms with van der Waals surface area (Å²) in [5.41, 5.74) is 0. The number of carbonyl (C=O) groups is 1. The molecule has 2 aliphatic rings. The van der Waals surface area contributed by atoms with Crippen molar-refractivity contribution in [1.29, 1.82) is 0 Å². The number of carbonyl (C=O) groups excluding carboxylic acids is 1. The van der Waals surface area contributed by atoms with E-state index in [0.29, 0.717) is 6.04 Å². The zero-order valence-electron chi connectivity index (χ0n) is 9.03. The summed E-state index contributed by atoms with van der Waals surface area (Å²) in [6, 6.07) is 0.764. The number of rotatable bonds is 4. The van der Waals surface area contributed by atoms with E-state index in [0.717, 1.165) is 18.9 Å². The van der Waals surface area contributed by atoms with Crippen molar-refractivity contribution in [3.8, 4) is 0 Å². The molecule has 1 heterocycles. The fraction of sp³-hybridized carbons (Fsp3) is 0.909. The molecule has 2 rings (SSSR count). The van der Waals surface area contributed by atoms with E-state index in [9.17, 15) is 4.79 Å². The van der Waals surface area contributed by atoms with Crippen LogP contribution < -0.4 is 0 Å². The highest BCUT2D eigenvalue weighted by Crippen LogP contribution is 2.43. The third-order valence-corrected chi connectivity index (χ3v) is 3.51. The summed E-state index contributed by atoms with van der Waals surface area (Å²) in [7, 11) is 1.48. The van der Waals surface area contributed by atoms with E-state index in [-0.39, 0.29) is 12.0 Å². The lowest BCUT2D eigenvalue weighted by Crippen LogP contribution is -2.54. The molecule has 0 aromatic carbocycles. The molecule has 3 heteroatoms. The number of esters is 1. The largest absolute Gasteiger partial charge is 0.468 e. The lowest BCUT2D eigenvalue weighted by atomic mass is 10.0. The summed E-state index contributed by atoms with van der Waals surface area (Å²) in [5, 5.41) is 0. The minimum atomic E-state index is -0.0431. The Morgan fingerprint density at radius 1 is 1.57 bits per heavy atom. The average molecular weight is 197 g/mol. The first-order valence-corrected chi connectivity index (χ1v) is 5.61. The molecule has 1 aliphatic heterocycles. The molecule has 0 N–H and O–H groups in total. The van der Waals surface area contributed by atoms with Crippen LogP contribution in [0.1, 0.15) is 32.6 Å². The number of hydrogen-bond acceptors (Lipinski definition) is 3. The lowest BCUT2D eigenvalue weighted by Gasteiger charge is -2.39. The highest BCUT2D eigenvalue weighted by molar-refractivity contribution is 5.76. The topological polar surface area (TPSA) is 29.5 Å². The van der Waals surface area contributed by atoms with E-state index in [1.807, 2.05) is 0 Å². The van der Waals surface area contributed by atoms with E-state index in [2.05, 4.69) is 11.8 Å². The molecule has 80 valence electrons. The molecular weight excluding hydrogens is 178 g/mol. The molecule has 14 heavy (non-hydrogen) atoms. The van der Waals surface area contributed by atoms with Crippen LogP contribution in [0.3, 0.4) is 0 Å². The van der Waals surface area contributed by atoms with Crippen molar-refractivity contribution in [2.24, 2.45) is 5.92 Å². The third-order valence-electron chi connectivity index (χ3n) is 3.51. The van der Waals surface area contributed by atoms with E-state index < -0.39 is 0 Å². The molecule has 3 atom stereocenters. The maximum Gasteiger partial charge on any atom is 0.323 e. The highest BCUT2D eigenvalue weighted by Gasteiger charge is 2.49. The number of methoxy groups -OCH3 is 1. The van der Waals surface area contributed by atoms with Gasteiger partial charge in [0.15, 0.2) is 0 Å². The van der Waals surface area contributed by atoms with Crippen LogP contribution in [0.5, 0.6) is 0 Å². The molecule has 0 radical (unpaired) electrons. The fourth-order valence-corrected chi connectivity index (χ4v) is 2.51. The van der Waals surface area contributed by atoms with Crippen molar-refractivity contribution < 1.29 is 9.53 Å². The Labute approximate surface area is 85.4 Å². The van der Waals surface area contributed by atoms with Crippen LogP contribution in [0, 0.1) is 5.92 Å². The van der Waals surface area contributed by atoms with Crippen LogP contribution in [-0.4, -0.2) is 36.6 Å². The van der Waals surface area contributed by atoms with Crippen LogP contribution in [0.15, 0.2) is 0 Å². The molecule has 0 aromatic rings. The normalized spacial score (nSPS) is 36.3. The van der Waals surface area contributed by atoms with Crippen molar-refractivity contribution >= 4 is 5.97 Å². The van der Waals surface area contributed by atoms with Crippen molar-refractivity contribution in [2.75, 3.05) is 13.7 Å². The van der Waals surface area contributed by atoms with Gasteiger partial charge in [-0.25, -0.2) is 0 Å². The molecular formula is C11H19NO2. The Kier molecular flexibility index (Phi) is 2.77. The first kappa shape index (κ1) is 9.97. The molecule has 2 fully saturated rings. The third kappa shape index (κ3) is 1.65. The van der Waals surface area contributed by atoms with Crippen molar-refractivity contribution in [3.05, 3.63) is 0 Å². The standard InChI is InChI=1S/C11H19NO2/c1-3-4-8-7-10(8)12-6-5-9(12)11(13)14-2/h8-10H,3-7H2,1-2H3. The predicted octanol–water partition coefficient (Wildman–Crippen LogP) is 1.42. The second kappa shape index (κ2) is 3.89. The van der Waals surface area contributed by atoms with E-state index in [1.165, 1.54) is 26.4 Å². The Bertz CT molecular complexity index is 229. The first-order chi connectivity index (χ1) is 6.77. The second-order valence-corrected chi connectivity index (χ2v) is 4.42. The molecule has 3 nitrogen and oxygen atoms in total. The monoisotopic (exact) mass is 197 g/mol. The minimum absolute atomic E-state index is 0.0431. The van der Waals surface area contributed by atoms with Crippen molar-refractivity contribution in [3.63, 3.8) is 0 Å². The van der Waals surface area contributed by atoms with Gasteiger partial charge in [-0.3, -0.25) is 9.69 Å². The maximum absolute atomic E-state index is 11.3. The maximum atomic E-state index is 11.3. The number of hydrogen-bond donors (Lipinski definition) is 0. The Morgan fingerprint density at radius 3 is 2.86 bits per heavy atom. The molecule has 1 saturated carbocycles. The number of nitrogens with zero attached hydrogens (tertiary/aromatic N) is 1. The molecule has 0 aromatic heterocycles. The first-order valence-electron chi connectivity index (χ1n) is 5.61. The fourth-order valence-electron chi connectivity index (χ4n) is 2.51. The van der Waals surface area contributed by atoms with Gasteiger partial charge >= 0.3 is 5.97 Å². The van der Waals surface area contributed by atoms with Gasteiger partial charge in [-0.2, -0.15) is 0 Å². The van der Waals surface area contributed by atoms with Crippen LogP contribution >= 0.6 is 0 Å². The molecule has 1 aliphatic carbocycles. The molecule has 0 amide bonds. The quantitative estimate of drug-likeness (QED) is 0.638. The van der Waals surface area contributed by atoms with Crippen LogP contribution in [0.2, 0.25) is 0 Å². The van der Waals surface area contributed by atoms with Gasteiger partial charge in [0.25, 0.3) is 0 Å². The summed E-state index contributed by atoms with van der Waals surface area (Å²) >= 11 is 0. The van der Waals surface area contributed by atoms with Gasteiger partial charge in [-0.05, 0) is 25.2 Å². The molecule has 3 unspecified atom stereocenters. The van der Waals surface area contributed by atoms with Gasteiger partial charge < -0.3 is 4.74 Å². The zero-order valence-corrected chi connectivity index (χ0v) is 9.03. The molecule has 0 bridgehead atoms. The highest BCUT2D eigenvalue weighted by atomic mass is 16.5. The smallest absolute Gasteiger partial charge is 0.323 e. The average Bonchev–Trinajstić information content (AvgIpc) is 2.83. The second-order valence-electron chi connectivity index (χ2n) is 4.42. The lowest BCUT2D eigenvalue weighted by molar-refractivity contribution is -0.152. The van der Waals surface area contributed by atoms with Crippen LogP contribution in [0.4, 0.5) is 0 Å². The van der Waals surface area contributed by atoms with Crippen LogP contribution in [0.25, 0.3) is 0 Å². The number of likely N-dealkylation sites (tertiary alicyclic amines) is 1. The zero-order chi connectivity index (χ0) is 10.1. The molecule has 0 spiro atoms. The Balaban J connectivity index is 1.80. The van der Waals surface area contributed by atoms with E-state index in [1.54, 1.807) is 0 Å². The van der Waals surface area contributed by atoms with Gasteiger partial charge in [0.2, 0.25) is 0 Å². The summed E-state index contributed by atoms with van der Waals surface area (Å²) in [6.45, 7) is 3.31. The Morgan fingerprint density at radius 2 is 2.36 bits per heavy atom. The van der Waals surface area contributed by atoms with Gasteiger partial charge in [0.05, 0.1) is 7.11 Å². The van der Waals surface area contributed by atoms with Crippen molar-refractivity contribution in [2.45, 2.75) is 44.7 Å². The summed E-state index contributed by atoms with van der Waals surface area (Å²) in [6.07, 6.45) is 4.86. The van der Waals surface area contributed by atoms with Gasteiger partial charge in [0, 0.05) is 12.6 Å². The van der Waals surface area contributed by atoms with Crippen molar-refractivity contribution in [1.82, 2.24) is 4.90 Å². The summed E-state index contributed by atoms with van der Waals surface area (Å²) in [5.74, 6) is 0.811. The predicted molar refractivity (Wildman–Crippen MR) is 53.9 cm³/mol. The van der Waals surface area contributed by atoms with Gasteiger partial charge in [0.1, 0.15) is 6.04 Å². The SMILES string of the molecule is CCCC1CC1N1CCC1C(=O)OC. The van der Waals surface area contributed by atoms with Crippen LogP contribution in [-0.2, 0) is 9.53 Å². The summed E-state index contributed by atoms with van der Waals surface area (Å²) < 4.78 is 4.78. The van der Waals surface area contributed by atoms with Gasteiger partial charge in [-0.1, -0.05) is 13.3 Å². The van der Waals surface area contributed by atoms with E-state index >= 15 is 0 Å². The van der Waals surface area contributed by atoms with Gasteiger partial charge in [-0.15, -0.1) is 0 Å². The van der Waals surface area contributed by atoms with E-state index in [4.69, 9.17) is 4.74 Å². The minimum Gasteiger partial charge on any atom is -0.468 e.